The van der Waals surface area contributed by atoms with Crippen LogP contribution in [0.15, 0.2) is 5.38 Å². The van der Waals surface area contributed by atoms with Crippen molar-refractivity contribution in [2.24, 2.45) is 0 Å². The first-order valence-corrected chi connectivity index (χ1v) is 7.62. The number of rotatable bonds is 5. The Labute approximate surface area is 114 Å². The summed E-state index contributed by atoms with van der Waals surface area (Å²) in [6, 6.07) is 0.466. The second kappa shape index (κ2) is 6.61. The Bertz CT molecular complexity index is 366. The van der Waals surface area contributed by atoms with Crippen LogP contribution < -0.4 is 5.32 Å². The molecule has 102 valence electrons. The highest BCUT2D eigenvalue weighted by Gasteiger charge is 2.25. The maximum atomic E-state index is 4.78. The van der Waals surface area contributed by atoms with E-state index in [2.05, 4.69) is 41.5 Å². The minimum Gasteiger partial charge on any atom is -0.311 e. The molecule has 0 aromatic carbocycles. The second-order valence-corrected chi connectivity index (χ2v) is 6.00. The fourth-order valence-electron chi connectivity index (χ4n) is 2.23. The average molecular weight is 268 g/mol. The number of likely N-dealkylation sites (N-methyl/N-ethyl adjacent to an activating group) is 2. The van der Waals surface area contributed by atoms with Crippen LogP contribution in [-0.2, 0) is 6.54 Å². The average Bonchev–Trinajstić information content (AvgIpc) is 2.81. The first-order chi connectivity index (χ1) is 8.70. The molecule has 1 saturated heterocycles. The molecule has 0 saturated carbocycles. The van der Waals surface area contributed by atoms with Crippen molar-refractivity contribution in [2.45, 2.75) is 25.9 Å². The molecule has 2 heterocycles. The van der Waals surface area contributed by atoms with Crippen molar-refractivity contribution in [1.82, 2.24) is 20.1 Å². The summed E-state index contributed by atoms with van der Waals surface area (Å²) in [7, 11) is 4.39. The van der Waals surface area contributed by atoms with E-state index in [1.54, 1.807) is 11.3 Å². The highest BCUT2D eigenvalue weighted by molar-refractivity contribution is 7.09. The fraction of sp³-hybridized carbons (Fsp3) is 0.769. The standard InChI is InChI=1S/C13H24N4S/c1-4-5-14-8-11-10-18-13(15-11)12-9-16(2)6-7-17(12)3/h10,12,14H,4-9H2,1-3H3. The Morgan fingerprint density at radius 2 is 2.28 bits per heavy atom. The summed E-state index contributed by atoms with van der Waals surface area (Å²) in [5.74, 6) is 0. The van der Waals surface area contributed by atoms with E-state index in [9.17, 15) is 0 Å². The summed E-state index contributed by atoms with van der Waals surface area (Å²) in [5.41, 5.74) is 1.19. The molecule has 0 amide bonds. The number of nitrogens with zero attached hydrogens (tertiary/aromatic N) is 3. The predicted octanol–water partition coefficient (Wildman–Crippen LogP) is 1.56. The first kappa shape index (κ1) is 13.9. The minimum atomic E-state index is 0.466. The van der Waals surface area contributed by atoms with Gasteiger partial charge in [-0.2, -0.15) is 0 Å². The van der Waals surface area contributed by atoms with Crippen molar-refractivity contribution >= 4 is 11.3 Å². The van der Waals surface area contributed by atoms with Gasteiger partial charge in [-0.3, -0.25) is 4.90 Å². The zero-order valence-electron chi connectivity index (χ0n) is 11.6. The van der Waals surface area contributed by atoms with Crippen LogP contribution in [-0.4, -0.2) is 55.1 Å². The molecule has 1 aliphatic heterocycles. The Kier molecular flexibility index (Phi) is 5.12. The van der Waals surface area contributed by atoms with Crippen molar-refractivity contribution in [1.29, 1.82) is 0 Å². The summed E-state index contributed by atoms with van der Waals surface area (Å²) in [5, 5.41) is 6.86. The molecule has 1 aliphatic rings. The van der Waals surface area contributed by atoms with E-state index in [1.807, 2.05) is 0 Å². The summed E-state index contributed by atoms with van der Waals surface area (Å²) in [6.45, 7) is 7.53. The van der Waals surface area contributed by atoms with E-state index in [0.29, 0.717) is 6.04 Å². The van der Waals surface area contributed by atoms with Crippen molar-refractivity contribution in [3.05, 3.63) is 16.1 Å². The van der Waals surface area contributed by atoms with Crippen LogP contribution in [0.2, 0.25) is 0 Å². The highest BCUT2D eigenvalue weighted by atomic mass is 32.1. The number of hydrogen-bond donors (Lipinski definition) is 1. The molecule has 1 aromatic heterocycles. The van der Waals surface area contributed by atoms with Gasteiger partial charge in [0.15, 0.2) is 0 Å². The van der Waals surface area contributed by atoms with Crippen LogP contribution in [0.1, 0.15) is 30.1 Å². The second-order valence-electron chi connectivity index (χ2n) is 5.11. The third kappa shape index (κ3) is 3.51. The molecule has 1 N–H and O–H groups in total. The van der Waals surface area contributed by atoms with E-state index in [4.69, 9.17) is 4.98 Å². The Morgan fingerprint density at radius 3 is 3.06 bits per heavy atom. The molecule has 2 rings (SSSR count). The monoisotopic (exact) mass is 268 g/mol. The third-order valence-electron chi connectivity index (χ3n) is 3.44. The van der Waals surface area contributed by atoms with Gasteiger partial charge in [0, 0.05) is 31.6 Å². The summed E-state index contributed by atoms with van der Waals surface area (Å²) in [6.07, 6.45) is 1.17. The van der Waals surface area contributed by atoms with Gasteiger partial charge in [-0.25, -0.2) is 4.98 Å². The van der Waals surface area contributed by atoms with Gasteiger partial charge in [0.25, 0.3) is 0 Å². The van der Waals surface area contributed by atoms with Gasteiger partial charge in [-0.1, -0.05) is 6.92 Å². The van der Waals surface area contributed by atoms with Crippen molar-refractivity contribution in [2.75, 3.05) is 40.3 Å². The molecule has 1 unspecified atom stereocenters. The minimum absolute atomic E-state index is 0.466. The summed E-state index contributed by atoms with van der Waals surface area (Å²) in [4.78, 5) is 9.59. The molecule has 0 bridgehead atoms. The van der Waals surface area contributed by atoms with Gasteiger partial charge in [0.2, 0.25) is 0 Å². The van der Waals surface area contributed by atoms with Crippen molar-refractivity contribution in [3.8, 4) is 0 Å². The lowest BCUT2D eigenvalue weighted by Crippen LogP contribution is -2.44. The topological polar surface area (TPSA) is 31.4 Å². The van der Waals surface area contributed by atoms with Crippen LogP contribution in [0.5, 0.6) is 0 Å². The highest BCUT2D eigenvalue weighted by Crippen LogP contribution is 2.26. The third-order valence-corrected chi connectivity index (χ3v) is 4.43. The number of piperazine rings is 1. The van der Waals surface area contributed by atoms with Gasteiger partial charge < -0.3 is 10.2 Å². The zero-order valence-corrected chi connectivity index (χ0v) is 12.5. The molecule has 0 aliphatic carbocycles. The Morgan fingerprint density at radius 1 is 1.44 bits per heavy atom. The quantitative estimate of drug-likeness (QED) is 0.821. The van der Waals surface area contributed by atoms with E-state index in [-0.39, 0.29) is 0 Å². The van der Waals surface area contributed by atoms with Gasteiger partial charge in [-0.05, 0) is 27.1 Å². The van der Waals surface area contributed by atoms with Crippen LogP contribution in [0.4, 0.5) is 0 Å². The number of aromatic nitrogens is 1. The molecular formula is C13H24N4S. The van der Waals surface area contributed by atoms with Crippen LogP contribution in [0.25, 0.3) is 0 Å². The smallest absolute Gasteiger partial charge is 0.111 e. The Balaban J connectivity index is 1.95. The summed E-state index contributed by atoms with van der Waals surface area (Å²) >= 11 is 1.80. The van der Waals surface area contributed by atoms with Gasteiger partial charge in [-0.15, -0.1) is 11.3 Å². The lowest BCUT2D eigenvalue weighted by atomic mass is 10.2. The van der Waals surface area contributed by atoms with Gasteiger partial charge in [0.05, 0.1) is 11.7 Å². The molecule has 1 atom stereocenters. The zero-order chi connectivity index (χ0) is 13.0. The molecule has 5 heteroatoms. The lowest BCUT2D eigenvalue weighted by molar-refractivity contribution is 0.115. The molecule has 4 nitrogen and oxygen atoms in total. The van der Waals surface area contributed by atoms with Gasteiger partial charge >= 0.3 is 0 Å². The molecule has 0 spiro atoms. The van der Waals surface area contributed by atoms with Crippen molar-refractivity contribution < 1.29 is 0 Å². The maximum Gasteiger partial charge on any atom is 0.111 e. The summed E-state index contributed by atoms with van der Waals surface area (Å²) < 4.78 is 0. The van der Waals surface area contributed by atoms with Gasteiger partial charge in [0.1, 0.15) is 5.01 Å². The molecule has 1 aromatic rings. The van der Waals surface area contributed by atoms with E-state index in [1.165, 1.54) is 17.1 Å². The lowest BCUT2D eigenvalue weighted by Gasteiger charge is -2.36. The van der Waals surface area contributed by atoms with E-state index >= 15 is 0 Å². The largest absolute Gasteiger partial charge is 0.311 e. The first-order valence-electron chi connectivity index (χ1n) is 6.74. The molecule has 18 heavy (non-hydrogen) atoms. The fourth-order valence-corrected chi connectivity index (χ4v) is 3.20. The van der Waals surface area contributed by atoms with E-state index in [0.717, 1.165) is 32.7 Å². The number of thiazole rings is 1. The maximum absolute atomic E-state index is 4.78. The van der Waals surface area contributed by atoms with Crippen molar-refractivity contribution in [3.63, 3.8) is 0 Å². The van der Waals surface area contributed by atoms with Crippen LogP contribution >= 0.6 is 11.3 Å². The van der Waals surface area contributed by atoms with Crippen LogP contribution in [0, 0.1) is 0 Å². The van der Waals surface area contributed by atoms with E-state index < -0.39 is 0 Å². The molecule has 0 radical (unpaired) electrons. The van der Waals surface area contributed by atoms with Crippen LogP contribution in [0.3, 0.4) is 0 Å². The number of nitrogens with one attached hydrogen (secondary N) is 1. The molecule has 1 fully saturated rings. The number of hydrogen-bond acceptors (Lipinski definition) is 5. The SMILES string of the molecule is CCCNCc1csc(C2CN(C)CCN2C)n1. The predicted molar refractivity (Wildman–Crippen MR) is 77.0 cm³/mol. The molecular weight excluding hydrogens is 244 g/mol. The Hall–Kier alpha value is -0.490. The normalized spacial score (nSPS) is 22.5.